The van der Waals surface area contributed by atoms with Crippen LogP contribution in [0.3, 0.4) is 0 Å². The zero-order chi connectivity index (χ0) is 20.3. The quantitative estimate of drug-likeness (QED) is 0.396. The number of halogens is 2. The molecule has 0 unspecified atom stereocenters. The standard InChI is InChI=1S/C19H17Cl2N5O2/c1-3-25(13-7-4-6-12(2)10-13)19-17(26(27)28)18(22-11-23-19)24-15-9-5-8-14(20)16(15)21/h4-11H,3H2,1-2H3,(H,22,23,24). The molecule has 0 radical (unpaired) electrons. The number of nitro groups is 1. The van der Waals surface area contributed by atoms with Crippen LogP contribution in [0.1, 0.15) is 12.5 Å². The van der Waals surface area contributed by atoms with Crippen LogP contribution in [-0.2, 0) is 0 Å². The average Bonchev–Trinajstić information content (AvgIpc) is 2.66. The highest BCUT2D eigenvalue weighted by atomic mass is 35.5. The molecule has 0 aliphatic carbocycles. The van der Waals surface area contributed by atoms with Gasteiger partial charge in [0.05, 0.1) is 20.7 Å². The number of hydrogen-bond donors (Lipinski definition) is 1. The van der Waals surface area contributed by atoms with Crippen molar-refractivity contribution in [1.29, 1.82) is 0 Å². The minimum Gasteiger partial charge on any atom is -0.333 e. The molecule has 0 fully saturated rings. The van der Waals surface area contributed by atoms with Crippen molar-refractivity contribution < 1.29 is 4.92 Å². The van der Waals surface area contributed by atoms with Crippen molar-refractivity contribution in [2.24, 2.45) is 0 Å². The third kappa shape index (κ3) is 4.00. The molecule has 28 heavy (non-hydrogen) atoms. The summed E-state index contributed by atoms with van der Waals surface area (Å²) in [6.45, 7) is 4.34. The fourth-order valence-electron chi connectivity index (χ4n) is 2.80. The third-order valence-electron chi connectivity index (χ3n) is 4.08. The Morgan fingerprint density at radius 2 is 1.93 bits per heavy atom. The van der Waals surface area contributed by atoms with Gasteiger partial charge in [-0.15, -0.1) is 0 Å². The van der Waals surface area contributed by atoms with Crippen molar-refractivity contribution in [3.63, 3.8) is 0 Å². The Bertz CT molecular complexity index is 1030. The van der Waals surface area contributed by atoms with E-state index in [0.29, 0.717) is 17.3 Å². The number of benzene rings is 2. The summed E-state index contributed by atoms with van der Waals surface area (Å²) in [5.41, 5.74) is 2.01. The summed E-state index contributed by atoms with van der Waals surface area (Å²) < 4.78 is 0. The second kappa shape index (κ2) is 8.41. The van der Waals surface area contributed by atoms with E-state index in [2.05, 4.69) is 15.3 Å². The predicted octanol–water partition coefficient (Wildman–Crippen LogP) is 5.90. The lowest BCUT2D eigenvalue weighted by molar-refractivity contribution is -0.383. The highest BCUT2D eigenvalue weighted by molar-refractivity contribution is 6.43. The van der Waals surface area contributed by atoms with E-state index in [1.165, 1.54) is 6.33 Å². The van der Waals surface area contributed by atoms with E-state index in [9.17, 15) is 10.1 Å². The third-order valence-corrected chi connectivity index (χ3v) is 4.89. The molecular weight excluding hydrogens is 401 g/mol. The molecule has 3 aromatic rings. The zero-order valence-electron chi connectivity index (χ0n) is 15.2. The first-order valence-corrected chi connectivity index (χ1v) is 9.22. The van der Waals surface area contributed by atoms with Crippen molar-refractivity contribution in [2.45, 2.75) is 13.8 Å². The second-order valence-electron chi connectivity index (χ2n) is 5.96. The minimum absolute atomic E-state index is 0.0327. The monoisotopic (exact) mass is 417 g/mol. The summed E-state index contributed by atoms with van der Waals surface area (Å²) in [6.07, 6.45) is 1.28. The summed E-state index contributed by atoms with van der Waals surface area (Å²) >= 11 is 12.2. The molecule has 1 N–H and O–H groups in total. The van der Waals surface area contributed by atoms with Crippen LogP contribution in [-0.4, -0.2) is 21.4 Å². The predicted molar refractivity (Wildman–Crippen MR) is 112 cm³/mol. The first kappa shape index (κ1) is 19.9. The van der Waals surface area contributed by atoms with Crippen LogP contribution in [0.5, 0.6) is 0 Å². The van der Waals surface area contributed by atoms with Gasteiger partial charge in [-0.25, -0.2) is 9.97 Å². The van der Waals surface area contributed by atoms with Gasteiger partial charge in [0.15, 0.2) is 0 Å². The summed E-state index contributed by atoms with van der Waals surface area (Å²) in [5.74, 6) is 0.221. The smallest absolute Gasteiger partial charge is 0.333 e. The molecule has 0 aliphatic heterocycles. The van der Waals surface area contributed by atoms with Gasteiger partial charge in [-0.05, 0) is 43.7 Å². The Morgan fingerprint density at radius 3 is 2.61 bits per heavy atom. The molecule has 0 aliphatic rings. The van der Waals surface area contributed by atoms with Crippen molar-refractivity contribution >= 4 is 51.9 Å². The molecule has 2 aromatic carbocycles. The lowest BCUT2D eigenvalue weighted by Crippen LogP contribution is -2.20. The SMILES string of the molecule is CCN(c1cccc(C)c1)c1ncnc(Nc2cccc(Cl)c2Cl)c1[N+](=O)[O-]. The highest BCUT2D eigenvalue weighted by Gasteiger charge is 2.28. The number of aromatic nitrogens is 2. The Balaban J connectivity index is 2.11. The van der Waals surface area contributed by atoms with E-state index in [1.807, 2.05) is 38.1 Å². The highest BCUT2D eigenvalue weighted by Crippen LogP contribution is 2.39. The van der Waals surface area contributed by atoms with Crippen molar-refractivity contribution in [1.82, 2.24) is 9.97 Å². The van der Waals surface area contributed by atoms with E-state index < -0.39 is 4.92 Å². The fraction of sp³-hybridized carbons (Fsp3) is 0.158. The summed E-state index contributed by atoms with van der Waals surface area (Å²) in [7, 11) is 0. The van der Waals surface area contributed by atoms with Gasteiger partial charge in [0.25, 0.3) is 0 Å². The van der Waals surface area contributed by atoms with Crippen molar-refractivity contribution in [3.05, 3.63) is 74.5 Å². The zero-order valence-corrected chi connectivity index (χ0v) is 16.7. The normalized spacial score (nSPS) is 10.6. The average molecular weight is 418 g/mol. The molecule has 0 spiro atoms. The van der Waals surface area contributed by atoms with E-state index in [4.69, 9.17) is 23.2 Å². The van der Waals surface area contributed by atoms with Gasteiger partial charge in [-0.1, -0.05) is 41.4 Å². The summed E-state index contributed by atoms with van der Waals surface area (Å²) in [5, 5.41) is 15.4. The Hall–Kier alpha value is -2.90. The van der Waals surface area contributed by atoms with E-state index in [1.54, 1.807) is 23.1 Å². The van der Waals surface area contributed by atoms with Crippen LogP contribution in [0.4, 0.5) is 28.7 Å². The molecule has 0 saturated carbocycles. The molecule has 0 bridgehead atoms. The van der Waals surface area contributed by atoms with Gasteiger partial charge in [-0.2, -0.15) is 0 Å². The molecule has 9 heteroatoms. The molecule has 1 heterocycles. The number of nitrogens with zero attached hydrogens (tertiary/aromatic N) is 4. The van der Waals surface area contributed by atoms with Crippen LogP contribution in [0.2, 0.25) is 10.0 Å². The number of anilines is 4. The van der Waals surface area contributed by atoms with Crippen LogP contribution in [0.15, 0.2) is 48.8 Å². The van der Waals surface area contributed by atoms with Gasteiger partial charge in [0, 0.05) is 12.2 Å². The number of nitrogens with one attached hydrogen (secondary N) is 1. The van der Waals surface area contributed by atoms with Gasteiger partial charge < -0.3 is 10.2 Å². The van der Waals surface area contributed by atoms with Gasteiger partial charge in [0.2, 0.25) is 11.6 Å². The first-order valence-electron chi connectivity index (χ1n) is 8.47. The molecule has 3 rings (SSSR count). The Labute approximate surface area is 172 Å². The maximum absolute atomic E-state index is 11.9. The topological polar surface area (TPSA) is 84.2 Å². The number of aryl methyl sites for hydroxylation is 1. The van der Waals surface area contributed by atoms with E-state index in [-0.39, 0.29) is 22.3 Å². The molecule has 0 atom stereocenters. The summed E-state index contributed by atoms with van der Waals surface area (Å²) in [4.78, 5) is 21.4. The van der Waals surface area contributed by atoms with Crippen LogP contribution >= 0.6 is 23.2 Å². The first-order chi connectivity index (χ1) is 13.4. The lowest BCUT2D eigenvalue weighted by Gasteiger charge is -2.22. The van der Waals surface area contributed by atoms with Crippen molar-refractivity contribution in [3.8, 4) is 0 Å². The van der Waals surface area contributed by atoms with Crippen LogP contribution < -0.4 is 10.2 Å². The largest absolute Gasteiger partial charge is 0.354 e. The molecule has 1 aromatic heterocycles. The van der Waals surface area contributed by atoms with Gasteiger partial charge in [-0.3, -0.25) is 10.1 Å². The molecule has 7 nitrogen and oxygen atoms in total. The van der Waals surface area contributed by atoms with Gasteiger partial charge >= 0.3 is 5.69 Å². The minimum atomic E-state index is -0.505. The molecule has 144 valence electrons. The fourth-order valence-corrected chi connectivity index (χ4v) is 3.15. The van der Waals surface area contributed by atoms with Gasteiger partial charge in [0.1, 0.15) is 6.33 Å². The van der Waals surface area contributed by atoms with Crippen LogP contribution in [0.25, 0.3) is 0 Å². The Kier molecular flexibility index (Phi) is 5.96. The lowest BCUT2D eigenvalue weighted by atomic mass is 10.2. The molecule has 0 amide bonds. The number of rotatable bonds is 6. The number of hydrogen-bond acceptors (Lipinski definition) is 6. The second-order valence-corrected chi connectivity index (χ2v) is 6.75. The summed E-state index contributed by atoms with van der Waals surface area (Å²) in [6, 6.07) is 12.7. The van der Waals surface area contributed by atoms with Crippen molar-refractivity contribution in [2.75, 3.05) is 16.8 Å². The molecular formula is C19H17Cl2N5O2. The maximum atomic E-state index is 11.9. The van der Waals surface area contributed by atoms with Crippen LogP contribution in [0, 0.1) is 17.0 Å². The Morgan fingerprint density at radius 1 is 1.18 bits per heavy atom. The maximum Gasteiger partial charge on any atom is 0.354 e. The molecule has 0 saturated heterocycles. The van der Waals surface area contributed by atoms with E-state index >= 15 is 0 Å². The van der Waals surface area contributed by atoms with E-state index in [0.717, 1.165) is 11.3 Å².